The second-order valence-corrected chi connectivity index (χ2v) is 6.33. The van der Waals surface area contributed by atoms with Gasteiger partial charge >= 0.3 is 0 Å². The minimum atomic E-state index is -0.301. The molecular formula is C14H20N2O2S. The van der Waals surface area contributed by atoms with E-state index < -0.39 is 0 Å². The van der Waals surface area contributed by atoms with Crippen LogP contribution in [0.25, 0.3) is 0 Å². The van der Waals surface area contributed by atoms with E-state index in [1.165, 1.54) is 19.3 Å². The number of nitrogens with one attached hydrogen (secondary N) is 1. The number of rotatable bonds is 7. The third-order valence-corrected chi connectivity index (χ3v) is 5.32. The standard InChI is InChI=1S/C14H20N2O2S/c1-19-14(8-4-9-14)11-15-10-7-12-5-2-3-6-13(12)16(17)18/h2-3,5-6,15H,4,7-11H2,1H3. The Labute approximate surface area is 118 Å². The van der Waals surface area contributed by atoms with Gasteiger partial charge in [0.25, 0.3) is 5.69 Å². The summed E-state index contributed by atoms with van der Waals surface area (Å²) in [5, 5.41) is 14.3. The molecule has 0 saturated heterocycles. The van der Waals surface area contributed by atoms with Gasteiger partial charge in [-0.1, -0.05) is 24.6 Å². The fourth-order valence-corrected chi connectivity index (χ4v) is 3.41. The monoisotopic (exact) mass is 280 g/mol. The van der Waals surface area contributed by atoms with Crippen LogP contribution in [0, 0.1) is 10.1 Å². The maximum Gasteiger partial charge on any atom is 0.272 e. The summed E-state index contributed by atoms with van der Waals surface area (Å²) < 4.78 is 0.419. The predicted octanol–water partition coefficient (Wildman–Crippen LogP) is 3.01. The van der Waals surface area contributed by atoms with E-state index in [9.17, 15) is 10.1 Å². The summed E-state index contributed by atoms with van der Waals surface area (Å²) in [4.78, 5) is 10.6. The average Bonchev–Trinajstić information content (AvgIpc) is 2.37. The summed E-state index contributed by atoms with van der Waals surface area (Å²) in [6.07, 6.45) is 6.77. The lowest BCUT2D eigenvalue weighted by atomic mass is 9.84. The van der Waals surface area contributed by atoms with Crippen molar-refractivity contribution in [1.29, 1.82) is 0 Å². The van der Waals surface area contributed by atoms with Gasteiger partial charge < -0.3 is 5.32 Å². The van der Waals surface area contributed by atoms with E-state index in [4.69, 9.17) is 0 Å². The molecule has 0 heterocycles. The molecule has 0 aliphatic heterocycles. The van der Waals surface area contributed by atoms with Gasteiger partial charge in [-0.15, -0.1) is 0 Å². The fraction of sp³-hybridized carbons (Fsp3) is 0.571. The molecule has 1 aromatic rings. The molecule has 104 valence electrons. The molecule has 0 bridgehead atoms. The first-order valence-corrected chi connectivity index (χ1v) is 7.87. The van der Waals surface area contributed by atoms with Gasteiger partial charge in [0.2, 0.25) is 0 Å². The Morgan fingerprint density at radius 2 is 2.16 bits per heavy atom. The summed E-state index contributed by atoms with van der Waals surface area (Å²) in [5.74, 6) is 0. The van der Waals surface area contributed by atoms with E-state index in [2.05, 4.69) is 11.6 Å². The summed E-state index contributed by atoms with van der Waals surface area (Å²) in [7, 11) is 0. The lowest BCUT2D eigenvalue weighted by Crippen LogP contribution is -2.43. The summed E-state index contributed by atoms with van der Waals surface area (Å²) in [6, 6.07) is 6.99. The minimum absolute atomic E-state index is 0.229. The first kappa shape index (κ1) is 14.3. The van der Waals surface area contributed by atoms with E-state index in [0.29, 0.717) is 11.2 Å². The molecule has 1 N–H and O–H groups in total. The molecule has 1 aromatic carbocycles. The van der Waals surface area contributed by atoms with E-state index in [1.54, 1.807) is 12.1 Å². The lowest BCUT2D eigenvalue weighted by molar-refractivity contribution is -0.385. The smallest absolute Gasteiger partial charge is 0.272 e. The Balaban J connectivity index is 1.81. The van der Waals surface area contributed by atoms with Crippen LogP contribution in [0.2, 0.25) is 0 Å². The highest BCUT2D eigenvalue weighted by Crippen LogP contribution is 2.42. The van der Waals surface area contributed by atoms with E-state index in [0.717, 1.165) is 18.7 Å². The zero-order chi connectivity index (χ0) is 13.7. The topological polar surface area (TPSA) is 55.2 Å². The quantitative estimate of drug-likeness (QED) is 0.474. The summed E-state index contributed by atoms with van der Waals surface area (Å²) in [6.45, 7) is 1.81. The Morgan fingerprint density at radius 1 is 1.42 bits per heavy atom. The molecule has 0 unspecified atom stereocenters. The van der Waals surface area contributed by atoms with E-state index in [-0.39, 0.29) is 10.6 Å². The van der Waals surface area contributed by atoms with Gasteiger partial charge in [0.05, 0.1) is 4.92 Å². The SMILES string of the molecule is CSC1(CNCCc2ccccc2[N+](=O)[O-])CCC1. The zero-order valence-corrected chi connectivity index (χ0v) is 12.0. The molecule has 1 aliphatic rings. The molecule has 2 rings (SSSR count). The van der Waals surface area contributed by atoms with Crippen molar-refractivity contribution < 1.29 is 4.92 Å². The number of hydrogen-bond donors (Lipinski definition) is 1. The number of nitro benzene ring substituents is 1. The molecule has 5 heteroatoms. The highest BCUT2D eigenvalue weighted by molar-refractivity contribution is 8.00. The Bertz CT molecular complexity index is 441. The average molecular weight is 280 g/mol. The van der Waals surface area contributed by atoms with Gasteiger partial charge in [0.1, 0.15) is 0 Å². The maximum absolute atomic E-state index is 10.9. The fourth-order valence-electron chi connectivity index (χ4n) is 2.46. The van der Waals surface area contributed by atoms with Crippen LogP contribution < -0.4 is 5.32 Å². The molecule has 1 saturated carbocycles. The first-order valence-electron chi connectivity index (χ1n) is 6.65. The van der Waals surface area contributed by atoms with Crippen molar-refractivity contribution in [1.82, 2.24) is 5.32 Å². The van der Waals surface area contributed by atoms with Crippen molar-refractivity contribution >= 4 is 17.4 Å². The molecule has 0 amide bonds. The molecule has 0 spiro atoms. The molecular weight excluding hydrogens is 260 g/mol. The van der Waals surface area contributed by atoms with Crippen LogP contribution in [0.15, 0.2) is 24.3 Å². The van der Waals surface area contributed by atoms with Crippen molar-refractivity contribution in [3.05, 3.63) is 39.9 Å². The van der Waals surface area contributed by atoms with Crippen LogP contribution in [0.1, 0.15) is 24.8 Å². The predicted molar refractivity (Wildman–Crippen MR) is 79.8 cm³/mol. The number of nitrogens with zero attached hydrogens (tertiary/aromatic N) is 1. The van der Waals surface area contributed by atoms with E-state index in [1.807, 2.05) is 23.9 Å². The molecule has 4 nitrogen and oxygen atoms in total. The highest BCUT2D eigenvalue weighted by atomic mass is 32.2. The van der Waals surface area contributed by atoms with Crippen molar-refractivity contribution in [2.45, 2.75) is 30.4 Å². The number of hydrogen-bond acceptors (Lipinski definition) is 4. The number of para-hydroxylation sites is 1. The van der Waals surface area contributed by atoms with Gasteiger partial charge in [0.15, 0.2) is 0 Å². The highest BCUT2D eigenvalue weighted by Gasteiger charge is 2.35. The van der Waals surface area contributed by atoms with Crippen molar-refractivity contribution in [3.63, 3.8) is 0 Å². The van der Waals surface area contributed by atoms with Crippen LogP contribution >= 0.6 is 11.8 Å². The van der Waals surface area contributed by atoms with Crippen molar-refractivity contribution in [2.75, 3.05) is 19.3 Å². The minimum Gasteiger partial charge on any atom is -0.315 e. The Kier molecular flexibility index (Phi) is 4.82. The molecule has 0 atom stereocenters. The second kappa shape index (κ2) is 6.39. The third kappa shape index (κ3) is 3.48. The van der Waals surface area contributed by atoms with E-state index >= 15 is 0 Å². The largest absolute Gasteiger partial charge is 0.315 e. The molecule has 0 aromatic heterocycles. The number of benzene rings is 1. The lowest BCUT2D eigenvalue weighted by Gasteiger charge is -2.40. The van der Waals surface area contributed by atoms with Gasteiger partial charge in [-0.3, -0.25) is 10.1 Å². The maximum atomic E-state index is 10.9. The van der Waals surface area contributed by atoms with Crippen LogP contribution in [-0.4, -0.2) is 29.0 Å². The van der Waals surface area contributed by atoms with Gasteiger partial charge in [-0.25, -0.2) is 0 Å². The van der Waals surface area contributed by atoms with Gasteiger partial charge in [-0.2, -0.15) is 11.8 Å². The Hall–Kier alpha value is -1.07. The third-order valence-electron chi connectivity index (χ3n) is 3.90. The van der Waals surface area contributed by atoms with Crippen LogP contribution in [-0.2, 0) is 6.42 Å². The van der Waals surface area contributed by atoms with Crippen molar-refractivity contribution in [3.8, 4) is 0 Å². The van der Waals surface area contributed by atoms with Crippen molar-refractivity contribution in [2.24, 2.45) is 0 Å². The summed E-state index contributed by atoms with van der Waals surface area (Å²) >= 11 is 1.94. The number of nitro groups is 1. The molecule has 0 radical (unpaired) electrons. The number of thioether (sulfide) groups is 1. The van der Waals surface area contributed by atoms with Gasteiger partial charge in [-0.05, 0) is 32.1 Å². The normalized spacial score (nSPS) is 16.9. The summed E-state index contributed by atoms with van der Waals surface area (Å²) in [5.41, 5.74) is 1.04. The van der Waals surface area contributed by atoms with Crippen LogP contribution in [0.3, 0.4) is 0 Å². The molecule has 1 aliphatic carbocycles. The first-order chi connectivity index (χ1) is 9.17. The second-order valence-electron chi connectivity index (χ2n) is 5.05. The van der Waals surface area contributed by atoms with Gasteiger partial charge in [0, 0.05) is 22.9 Å². The molecule has 1 fully saturated rings. The zero-order valence-electron chi connectivity index (χ0n) is 11.2. The van der Waals surface area contributed by atoms with Crippen LogP contribution in [0.5, 0.6) is 0 Å². The van der Waals surface area contributed by atoms with Crippen LogP contribution in [0.4, 0.5) is 5.69 Å². The Morgan fingerprint density at radius 3 is 2.74 bits per heavy atom. The molecule has 19 heavy (non-hydrogen) atoms.